The summed E-state index contributed by atoms with van der Waals surface area (Å²) in [7, 11) is 0. The molecule has 4 heteroatoms. The molecule has 1 fully saturated rings. The van der Waals surface area contributed by atoms with Crippen molar-refractivity contribution in [1.82, 2.24) is 0 Å². The number of halogens is 3. The van der Waals surface area contributed by atoms with Gasteiger partial charge in [-0.05, 0) is 29.9 Å². The lowest BCUT2D eigenvalue weighted by Crippen LogP contribution is -1.93. The van der Waals surface area contributed by atoms with Gasteiger partial charge in [-0.15, -0.1) is 22.9 Å². The van der Waals surface area contributed by atoms with E-state index in [2.05, 4.69) is 24.3 Å². The van der Waals surface area contributed by atoms with E-state index < -0.39 is 0 Å². The zero-order valence-corrected chi connectivity index (χ0v) is 12.5. The summed E-state index contributed by atoms with van der Waals surface area (Å²) >= 11 is 20.0. The molecule has 0 spiro atoms. The summed E-state index contributed by atoms with van der Waals surface area (Å²) in [5, 5.41) is -0.0357. The molecule has 18 heavy (non-hydrogen) atoms. The maximum absolute atomic E-state index is 6.53. The molecule has 0 N–H and O–H groups in total. The molecular formula is C14H11Cl3S. The van der Waals surface area contributed by atoms with Crippen LogP contribution in [0.1, 0.15) is 28.8 Å². The van der Waals surface area contributed by atoms with Crippen molar-refractivity contribution >= 4 is 46.1 Å². The molecule has 0 radical (unpaired) electrons. The molecule has 0 bridgehead atoms. The van der Waals surface area contributed by atoms with Crippen molar-refractivity contribution < 1.29 is 0 Å². The number of benzene rings is 1. The lowest BCUT2D eigenvalue weighted by atomic mass is 10.1. The van der Waals surface area contributed by atoms with E-state index in [9.17, 15) is 0 Å². The Morgan fingerprint density at radius 3 is 2.50 bits per heavy atom. The lowest BCUT2D eigenvalue weighted by Gasteiger charge is -2.08. The second-order valence-electron chi connectivity index (χ2n) is 4.60. The Morgan fingerprint density at radius 1 is 1.17 bits per heavy atom. The van der Waals surface area contributed by atoms with Crippen LogP contribution in [0.15, 0.2) is 36.4 Å². The highest BCUT2D eigenvalue weighted by Gasteiger charge is 2.44. The summed E-state index contributed by atoms with van der Waals surface area (Å²) < 4.78 is 1.43. The second kappa shape index (κ2) is 5.05. The van der Waals surface area contributed by atoms with Gasteiger partial charge in [-0.25, -0.2) is 0 Å². The van der Waals surface area contributed by atoms with Crippen LogP contribution >= 0.6 is 46.1 Å². The third-order valence-electron chi connectivity index (χ3n) is 3.42. The predicted molar refractivity (Wildman–Crippen MR) is 80.2 cm³/mol. The average Bonchev–Trinajstić information content (AvgIpc) is 3.10. The van der Waals surface area contributed by atoms with E-state index >= 15 is 0 Å². The monoisotopic (exact) mass is 316 g/mol. The molecule has 0 aliphatic heterocycles. The van der Waals surface area contributed by atoms with Crippen LogP contribution in [-0.2, 0) is 0 Å². The summed E-state index contributed by atoms with van der Waals surface area (Å²) in [5.74, 6) is 1.03. The van der Waals surface area contributed by atoms with Gasteiger partial charge in [-0.2, -0.15) is 0 Å². The molecule has 0 nitrogen and oxygen atoms in total. The predicted octanol–water partition coefficient (Wildman–Crippen LogP) is 6.14. The largest absolute Gasteiger partial charge is 0.117 e. The van der Waals surface area contributed by atoms with Crippen LogP contribution in [0.25, 0.3) is 0 Å². The SMILES string of the molecule is Clc1cc(C(Cl)C2CC2c2ccccc2)c(Cl)s1. The van der Waals surface area contributed by atoms with Crippen molar-refractivity contribution in [2.75, 3.05) is 0 Å². The van der Waals surface area contributed by atoms with Gasteiger partial charge in [0.1, 0.15) is 0 Å². The topological polar surface area (TPSA) is 0 Å². The Bertz CT molecular complexity index is 549. The van der Waals surface area contributed by atoms with Gasteiger partial charge in [0.25, 0.3) is 0 Å². The summed E-state index contributed by atoms with van der Waals surface area (Å²) in [6, 6.07) is 12.4. The summed E-state index contributed by atoms with van der Waals surface area (Å²) in [4.78, 5) is 0. The lowest BCUT2D eigenvalue weighted by molar-refractivity contribution is 0.767. The first kappa shape index (κ1) is 12.8. The highest BCUT2D eigenvalue weighted by atomic mass is 35.5. The molecule has 1 heterocycles. The van der Waals surface area contributed by atoms with Gasteiger partial charge in [0.15, 0.2) is 0 Å². The smallest absolute Gasteiger partial charge is 0.0991 e. The average molecular weight is 318 g/mol. The molecule has 3 unspecified atom stereocenters. The molecule has 1 aliphatic carbocycles. The van der Waals surface area contributed by atoms with Gasteiger partial charge in [-0.3, -0.25) is 0 Å². The number of thiophene rings is 1. The number of rotatable bonds is 3. The first-order chi connectivity index (χ1) is 8.66. The molecule has 3 rings (SSSR count). The minimum absolute atomic E-state index is 0.0357. The van der Waals surface area contributed by atoms with Crippen LogP contribution in [0.5, 0.6) is 0 Å². The zero-order chi connectivity index (χ0) is 12.7. The van der Waals surface area contributed by atoms with E-state index in [1.807, 2.05) is 12.1 Å². The number of hydrogen-bond acceptors (Lipinski definition) is 1. The minimum atomic E-state index is -0.0357. The maximum Gasteiger partial charge on any atom is 0.0991 e. The van der Waals surface area contributed by atoms with Gasteiger partial charge < -0.3 is 0 Å². The Hall–Kier alpha value is -0.210. The molecule has 0 amide bonds. The molecule has 1 aromatic carbocycles. The van der Waals surface area contributed by atoms with Crippen LogP contribution in [0.2, 0.25) is 8.67 Å². The van der Waals surface area contributed by atoms with Crippen molar-refractivity contribution in [2.24, 2.45) is 5.92 Å². The van der Waals surface area contributed by atoms with Crippen molar-refractivity contribution in [2.45, 2.75) is 17.7 Å². The molecular weight excluding hydrogens is 307 g/mol. The van der Waals surface area contributed by atoms with Gasteiger partial charge >= 0.3 is 0 Å². The third-order valence-corrected chi connectivity index (χ3v) is 5.50. The van der Waals surface area contributed by atoms with E-state index in [4.69, 9.17) is 34.8 Å². The van der Waals surface area contributed by atoms with Crippen LogP contribution in [0, 0.1) is 5.92 Å². The third kappa shape index (κ3) is 2.42. The van der Waals surface area contributed by atoms with Crippen LogP contribution in [0.3, 0.4) is 0 Å². The van der Waals surface area contributed by atoms with E-state index in [1.165, 1.54) is 16.9 Å². The highest BCUT2D eigenvalue weighted by molar-refractivity contribution is 7.20. The van der Waals surface area contributed by atoms with Gasteiger partial charge in [-0.1, -0.05) is 53.5 Å². The Morgan fingerprint density at radius 2 is 1.89 bits per heavy atom. The van der Waals surface area contributed by atoms with Crippen LogP contribution in [0.4, 0.5) is 0 Å². The van der Waals surface area contributed by atoms with E-state index in [-0.39, 0.29) is 5.38 Å². The fourth-order valence-corrected chi connectivity index (χ4v) is 4.51. The number of alkyl halides is 1. The number of hydrogen-bond donors (Lipinski definition) is 0. The molecule has 94 valence electrons. The Labute approximate surface area is 125 Å². The van der Waals surface area contributed by atoms with Crippen molar-refractivity contribution in [3.8, 4) is 0 Å². The fraction of sp³-hybridized carbons (Fsp3) is 0.286. The van der Waals surface area contributed by atoms with Gasteiger partial charge in [0.2, 0.25) is 0 Å². The molecule has 3 atom stereocenters. The van der Waals surface area contributed by atoms with Crippen molar-refractivity contribution in [3.05, 3.63) is 56.2 Å². The standard InChI is InChI=1S/C14H11Cl3S/c15-12-7-11(14(17)18-12)13(16)10-6-9(10)8-4-2-1-3-5-8/h1-5,7,9-10,13H,6H2. The summed E-state index contributed by atoms with van der Waals surface area (Å²) in [6.07, 6.45) is 1.13. The van der Waals surface area contributed by atoms with Crippen molar-refractivity contribution in [3.63, 3.8) is 0 Å². The molecule has 0 saturated heterocycles. The second-order valence-corrected chi connectivity index (χ2v) is 7.35. The van der Waals surface area contributed by atoms with Gasteiger partial charge in [0.05, 0.1) is 14.0 Å². The molecule has 1 saturated carbocycles. The first-order valence-corrected chi connectivity index (χ1v) is 7.81. The van der Waals surface area contributed by atoms with Gasteiger partial charge in [0, 0.05) is 5.56 Å². The quantitative estimate of drug-likeness (QED) is 0.597. The van der Waals surface area contributed by atoms with Crippen LogP contribution < -0.4 is 0 Å². The summed E-state index contributed by atoms with van der Waals surface area (Å²) in [5.41, 5.74) is 2.35. The van der Waals surface area contributed by atoms with E-state index in [0.29, 0.717) is 16.2 Å². The summed E-state index contributed by atoms with van der Waals surface area (Å²) in [6.45, 7) is 0. The first-order valence-electron chi connectivity index (χ1n) is 5.80. The Balaban J connectivity index is 1.77. The normalized spacial score (nSPS) is 23.9. The molecule has 1 aliphatic rings. The molecule has 2 aromatic rings. The van der Waals surface area contributed by atoms with E-state index in [0.717, 1.165) is 16.3 Å². The zero-order valence-electron chi connectivity index (χ0n) is 9.45. The minimum Gasteiger partial charge on any atom is -0.117 e. The van der Waals surface area contributed by atoms with Crippen molar-refractivity contribution in [1.29, 1.82) is 0 Å². The van der Waals surface area contributed by atoms with Crippen LogP contribution in [-0.4, -0.2) is 0 Å². The highest BCUT2D eigenvalue weighted by Crippen LogP contribution is 2.58. The maximum atomic E-state index is 6.53. The van der Waals surface area contributed by atoms with E-state index in [1.54, 1.807) is 0 Å². The Kier molecular flexibility index (Phi) is 3.59. The fourth-order valence-electron chi connectivity index (χ4n) is 2.39. The molecule has 1 aromatic heterocycles.